The Labute approximate surface area is 116 Å². The second kappa shape index (κ2) is 6.81. The fourth-order valence-electron chi connectivity index (χ4n) is 1.97. The Bertz CT molecular complexity index is 501. The van der Waals surface area contributed by atoms with E-state index in [1.165, 1.54) is 6.08 Å². The monoisotopic (exact) mass is 276 g/mol. The van der Waals surface area contributed by atoms with Crippen LogP contribution < -0.4 is 0 Å². The first-order valence-corrected chi connectivity index (χ1v) is 6.36. The standard InChI is InChI=1S/C14H16N2O4/c17-13(5-4-11-3-1-2-6-15-11)16-7-8-20-12(10-16)9-14(18)19/h1-6,12H,7-10H2,(H,18,19)/b5-4+. The molecule has 1 atom stereocenters. The van der Waals surface area contributed by atoms with E-state index in [2.05, 4.69) is 4.98 Å². The van der Waals surface area contributed by atoms with Gasteiger partial charge < -0.3 is 14.7 Å². The number of carbonyl (C=O) groups is 2. The van der Waals surface area contributed by atoms with E-state index in [1.54, 1.807) is 29.3 Å². The molecule has 6 nitrogen and oxygen atoms in total. The third-order valence-corrected chi connectivity index (χ3v) is 2.94. The highest BCUT2D eigenvalue weighted by molar-refractivity contribution is 5.91. The molecule has 1 unspecified atom stereocenters. The number of nitrogens with zero attached hydrogens (tertiary/aromatic N) is 2. The van der Waals surface area contributed by atoms with Crippen LogP contribution in [0.3, 0.4) is 0 Å². The van der Waals surface area contributed by atoms with Crippen LogP contribution in [0.2, 0.25) is 0 Å². The first kappa shape index (κ1) is 14.2. The van der Waals surface area contributed by atoms with E-state index >= 15 is 0 Å². The van der Waals surface area contributed by atoms with Gasteiger partial charge in [0.15, 0.2) is 0 Å². The summed E-state index contributed by atoms with van der Waals surface area (Å²) < 4.78 is 5.32. The van der Waals surface area contributed by atoms with Gasteiger partial charge >= 0.3 is 5.97 Å². The summed E-state index contributed by atoms with van der Waals surface area (Å²) in [6.45, 7) is 1.14. The van der Waals surface area contributed by atoms with Crippen LogP contribution in [-0.4, -0.2) is 52.7 Å². The van der Waals surface area contributed by atoms with Crippen molar-refractivity contribution in [3.05, 3.63) is 36.2 Å². The molecule has 106 valence electrons. The van der Waals surface area contributed by atoms with E-state index in [-0.39, 0.29) is 12.3 Å². The lowest BCUT2D eigenvalue weighted by Crippen LogP contribution is -2.45. The van der Waals surface area contributed by atoms with Crippen molar-refractivity contribution in [2.75, 3.05) is 19.7 Å². The number of pyridine rings is 1. The molecule has 1 amide bonds. The fourth-order valence-corrected chi connectivity index (χ4v) is 1.97. The molecule has 20 heavy (non-hydrogen) atoms. The molecule has 1 N–H and O–H groups in total. The van der Waals surface area contributed by atoms with Gasteiger partial charge in [0.05, 0.1) is 24.8 Å². The fraction of sp³-hybridized carbons (Fsp3) is 0.357. The van der Waals surface area contributed by atoms with E-state index in [1.807, 2.05) is 6.07 Å². The number of hydrogen-bond donors (Lipinski definition) is 1. The highest BCUT2D eigenvalue weighted by Gasteiger charge is 2.24. The first-order chi connectivity index (χ1) is 9.65. The molecule has 6 heteroatoms. The predicted molar refractivity (Wildman–Crippen MR) is 71.8 cm³/mol. The van der Waals surface area contributed by atoms with E-state index < -0.39 is 12.1 Å². The third-order valence-electron chi connectivity index (χ3n) is 2.94. The highest BCUT2D eigenvalue weighted by atomic mass is 16.5. The molecule has 2 heterocycles. The average Bonchev–Trinajstić information content (AvgIpc) is 2.45. The predicted octanol–water partition coefficient (Wildman–Crippen LogP) is 0.797. The van der Waals surface area contributed by atoms with Crippen molar-refractivity contribution >= 4 is 18.0 Å². The summed E-state index contributed by atoms with van der Waals surface area (Å²) in [6.07, 6.45) is 4.22. The van der Waals surface area contributed by atoms with Crippen molar-refractivity contribution in [1.29, 1.82) is 0 Å². The van der Waals surface area contributed by atoms with Gasteiger partial charge in [-0.05, 0) is 18.2 Å². The normalized spacial score (nSPS) is 19.2. The Morgan fingerprint density at radius 3 is 3.05 bits per heavy atom. The third kappa shape index (κ3) is 4.17. The Morgan fingerprint density at radius 1 is 1.50 bits per heavy atom. The van der Waals surface area contributed by atoms with Crippen LogP contribution in [0.1, 0.15) is 12.1 Å². The van der Waals surface area contributed by atoms with Gasteiger partial charge in [-0.15, -0.1) is 0 Å². The Kier molecular flexibility index (Phi) is 4.84. The highest BCUT2D eigenvalue weighted by Crippen LogP contribution is 2.10. The average molecular weight is 276 g/mol. The molecule has 2 rings (SSSR count). The minimum absolute atomic E-state index is 0.0895. The zero-order chi connectivity index (χ0) is 14.4. The molecular weight excluding hydrogens is 260 g/mol. The molecule has 1 aliphatic heterocycles. The van der Waals surface area contributed by atoms with Crippen LogP contribution in [0.5, 0.6) is 0 Å². The molecule has 0 bridgehead atoms. The lowest BCUT2D eigenvalue weighted by Gasteiger charge is -2.31. The van der Waals surface area contributed by atoms with Crippen molar-refractivity contribution in [1.82, 2.24) is 9.88 Å². The molecule has 1 saturated heterocycles. The van der Waals surface area contributed by atoms with Gasteiger partial charge in [0.2, 0.25) is 5.91 Å². The van der Waals surface area contributed by atoms with Crippen LogP contribution in [-0.2, 0) is 14.3 Å². The zero-order valence-electron chi connectivity index (χ0n) is 10.9. The lowest BCUT2D eigenvalue weighted by molar-refractivity contribution is -0.145. The van der Waals surface area contributed by atoms with Crippen LogP contribution in [0.25, 0.3) is 6.08 Å². The van der Waals surface area contributed by atoms with Crippen molar-refractivity contribution in [3.63, 3.8) is 0 Å². The number of aliphatic carboxylic acids is 1. The van der Waals surface area contributed by atoms with Crippen LogP contribution in [0, 0.1) is 0 Å². The quantitative estimate of drug-likeness (QED) is 0.823. The van der Waals surface area contributed by atoms with Gasteiger partial charge in [0.1, 0.15) is 0 Å². The van der Waals surface area contributed by atoms with Gasteiger partial charge in [0.25, 0.3) is 0 Å². The Morgan fingerprint density at radius 2 is 2.35 bits per heavy atom. The first-order valence-electron chi connectivity index (χ1n) is 6.36. The SMILES string of the molecule is O=C(O)CC1CN(C(=O)/C=C/c2ccccn2)CCO1. The maximum absolute atomic E-state index is 12.0. The van der Waals surface area contributed by atoms with Crippen LogP contribution >= 0.6 is 0 Å². The van der Waals surface area contributed by atoms with E-state index in [4.69, 9.17) is 9.84 Å². The molecule has 0 spiro atoms. The largest absolute Gasteiger partial charge is 0.481 e. The zero-order valence-corrected chi connectivity index (χ0v) is 10.9. The number of ether oxygens (including phenoxy) is 1. The Hall–Kier alpha value is -2.21. The summed E-state index contributed by atoms with van der Waals surface area (Å²) in [4.78, 5) is 28.3. The topological polar surface area (TPSA) is 79.7 Å². The van der Waals surface area contributed by atoms with E-state index in [0.29, 0.717) is 25.4 Å². The minimum atomic E-state index is -0.923. The molecule has 1 aliphatic rings. The number of rotatable bonds is 4. The summed E-state index contributed by atoms with van der Waals surface area (Å²) in [7, 11) is 0. The van der Waals surface area contributed by atoms with E-state index in [0.717, 1.165) is 0 Å². The van der Waals surface area contributed by atoms with Crippen molar-refractivity contribution in [2.45, 2.75) is 12.5 Å². The maximum atomic E-state index is 12.0. The van der Waals surface area contributed by atoms with Gasteiger partial charge in [-0.25, -0.2) is 0 Å². The van der Waals surface area contributed by atoms with Crippen molar-refractivity contribution in [3.8, 4) is 0 Å². The molecule has 1 aromatic rings. The molecule has 1 fully saturated rings. The molecule has 0 aliphatic carbocycles. The second-order valence-electron chi connectivity index (χ2n) is 4.46. The molecular formula is C14H16N2O4. The Balaban J connectivity index is 1.92. The van der Waals surface area contributed by atoms with Gasteiger partial charge in [-0.2, -0.15) is 0 Å². The number of hydrogen-bond acceptors (Lipinski definition) is 4. The van der Waals surface area contributed by atoms with Crippen molar-refractivity contribution in [2.24, 2.45) is 0 Å². The van der Waals surface area contributed by atoms with Gasteiger partial charge in [0, 0.05) is 25.4 Å². The lowest BCUT2D eigenvalue weighted by atomic mass is 10.2. The number of morpholine rings is 1. The second-order valence-corrected chi connectivity index (χ2v) is 4.46. The summed E-state index contributed by atoms with van der Waals surface area (Å²) in [6, 6.07) is 5.45. The van der Waals surface area contributed by atoms with Crippen molar-refractivity contribution < 1.29 is 19.4 Å². The van der Waals surface area contributed by atoms with Crippen LogP contribution in [0.15, 0.2) is 30.5 Å². The smallest absolute Gasteiger partial charge is 0.306 e. The number of carboxylic acids is 1. The number of aromatic nitrogens is 1. The van der Waals surface area contributed by atoms with Gasteiger partial charge in [-0.3, -0.25) is 14.6 Å². The maximum Gasteiger partial charge on any atom is 0.306 e. The molecule has 0 radical (unpaired) electrons. The molecule has 0 saturated carbocycles. The van der Waals surface area contributed by atoms with Crippen LogP contribution in [0.4, 0.5) is 0 Å². The van der Waals surface area contributed by atoms with Gasteiger partial charge in [-0.1, -0.05) is 6.07 Å². The minimum Gasteiger partial charge on any atom is -0.481 e. The summed E-state index contributed by atoms with van der Waals surface area (Å²) in [5, 5.41) is 8.74. The number of amides is 1. The number of carbonyl (C=O) groups excluding carboxylic acids is 1. The summed E-state index contributed by atoms with van der Waals surface area (Å²) >= 11 is 0. The summed E-state index contributed by atoms with van der Waals surface area (Å²) in [5.41, 5.74) is 0.705. The summed E-state index contributed by atoms with van der Waals surface area (Å²) in [5.74, 6) is -1.08. The molecule has 1 aromatic heterocycles. The molecule has 0 aromatic carbocycles. The number of carboxylic acid groups (broad SMARTS) is 1. The van der Waals surface area contributed by atoms with E-state index in [9.17, 15) is 9.59 Å².